The van der Waals surface area contributed by atoms with E-state index in [1.807, 2.05) is 6.07 Å². The third-order valence-electron chi connectivity index (χ3n) is 3.92. The molecule has 1 atom stereocenters. The molecule has 0 aromatic heterocycles. The van der Waals surface area contributed by atoms with Gasteiger partial charge in [-0.2, -0.15) is 0 Å². The van der Waals surface area contributed by atoms with Gasteiger partial charge in [-0.1, -0.05) is 30.3 Å². The molecular weight excluding hydrogens is 425 g/mol. The highest BCUT2D eigenvalue weighted by Gasteiger charge is 2.24. The van der Waals surface area contributed by atoms with Crippen molar-refractivity contribution in [1.82, 2.24) is 10.2 Å². The van der Waals surface area contributed by atoms with Gasteiger partial charge in [0.05, 0.1) is 5.75 Å². The summed E-state index contributed by atoms with van der Waals surface area (Å²) in [5.41, 5.74) is 1.37. The highest BCUT2D eigenvalue weighted by molar-refractivity contribution is 14.0. The van der Waals surface area contributed by atoms with Gasteiger partial charge < -0.3 is 10.2 Å². The molecule has 0 radical (unpaired) electrons. The van der Waals surface area contributed by atoms with Gasteiger partial charge in [-0.15, -0.1) is 24.0 Å². The Bertz CT molecular complexity index is 605. The van der Waals surface area contributed by atoms with Gasteiger partial charge in [-0.05, 0) is 24.3 Å². The van der Waals surface area contributed by atoms with Crippen molar-refractivity contribution in [2.24, 2.45) is 10.9 Å². The molecule has 1 saturated heterocycles. The molecule has 1 aliphatic heterocycles. The number of guanidine groups is 1. The molecule has 1 aliphatic rings. The van der Waals surface area contributed by atoms with Crippen LogP contribution in [0.25, 0.3) is 0 Å². The molecular formula is C16H26IN3O2S. The van der Waals surface area contributed by atoms with E-state index in [-0.39, 0.29) is 29.7 Å². The molecule has 7 heteroatoms. The van der Waals surface area contributed by atoms with Crippen LogP contribution >= 0.6 is 24.0 Å². The number of benzene rings is 1. The lowest BCUT2D eigenvalue weighted by molar-refractivity contribution is 0.461. The molecule has 0 amide bonds. The van der Waals surface area contributed by atoms with Crippen molar-refractivity contribution in [3.05, 3.63) is 35.9 Å². The molecule has 130 valence electrons. The zero-order valence-electron chi connectivity index (χ0n) is 13.7. The number of nitrogens with one attached hydrogen (secondary N) is 1. The van der Waals surface area contributed by atoms with Crippen LogP contribution in [0.5, 0.6) is 0 Å². The average molecular weight is 451 g/mol. The zero-order valence-corrected chi connectivity index (χ0v) is 16.9. The maximum atomic E-state index is 11.2. The van der Waals surface area contributed by atoms with E-state index < -0.39 is 9.84 Å². The molecule has 0 spiro atoms. The Labute approximate surface area is 156 Å². The number of hydrogen-bond acceptors (Lipinski definition) is 3. The van der Waals surface area contributed by atoms with Crippen LogP contribution in [0, 0.1) is 5.92 Å². The molecule has 0 aliphatic carbocycles. The minimum Gasteiger partial charge on any atom is -0.355 e. The first-order chi connectivity index (χ1) is 10.5. The highest BCUT2D eigenvalue weighted by atomic mass is 127. The van der Waals surface area contributed by atoms with Crippen LogP contribution in [0.2, 0.25) is 0 Å². The van der Waals surface area contributed by atoms with E-state index in [4.69, 9.17) is 0 Å². The summed E-state index contributed by atoms with van der Waals surface area (Å²) in [7, 11) is -1.20. The molecule has 5 nitrogen and oxygen atoms in total. The van der Waals surface area contributed by atoms with Crippen molar-refractivity contribution in [2.75, 3.05) is 38.7 Å². The summed E-state index contributed by atoms with van der Waals surface area (Å²) < 4.78 is 22.4. The smallest absolute Gasteiger partial charge is 0.193 e. The van der Waals surface area contributed by atoms with Gasteiger partial charge in [-0.3, -0.25) is 4.99 Å². The number of sulfone groups is 1. The van der Waals surface area contributed by atoms with Crippen LogP contribution in [-0.2, 0) is 16.3 Å². The van der Waals surface area contributed by atoms with Gasteiger partial charge in [0.25, 0.3) is 0 Å². The number of nitrogens with zero attached hydrogens (tertiary/aromatic N) is 2. The second kappa shape index (κ2) is 9.46. The second-order valence-electron chi connectivity index (χ2n) is 5.89. The van der Waals surface area contributed by atoms with Gasteiger partial charge >= 0.3 is 0 Å². The van der Waals surface area contributed by atoms with Crippen molar-refractivity contribution >= 4 is 39.8 Å². The average Bonchev–Trinajstić information content (AvgIpc) is 2.92. The van der Waals surface area contributed by atoms with Crippen LogP contribution in [-0.4, -0.2) is 58.0 Å². The van der Waals surface area contributed by atoms with Crippen LogP contribution in [0.4, 0.5) is 0 Å². The van der Waals surface area contributed by atoms with E-state index in [0.717, 1.165) is 31.9 Å². The molecule has 1 fully saturated rings. The third-order valence-corrected chi connectivity index (χ3v) is 4.87. The quantitative estimate of drug-likeness (QED) is 0.422. The van der Waals surface area contributed by atoms with Crippen molar-refractivity contribution < 1.29 is 8.42 Å². The van der Waals surface area contributed by atoms with Crippen LogP contribution in [0.15, 0.2) is 35.3 Å². The Kier molecular flexibility index (Phi) is 8.32. The van der Waals surface area contributed by atoms with Gasteiger partial charge in [0, 0.05) is 32.9 Å². The van der Waals surface area contributed by atoms with Gasteiger partial charge in [0.2, 0.25) is 0 Å². The first-order valence-electron chi connectivity index (χ1n) is 7.65. The van der Waals surface area contributed by atoms with Crippen LogP contribution in [0.3, 0.4) is 0 Å². The standard InChI is InChI=1S/C16H25N3O2S.HI/c1-17-16(18-9-11-22(2,20)21)19-10-8-15(13-19)12-14-6-4-3-5-7-14;/h3-7,15H,8-13H2,1-2H3,(H,17,18);1H. The molecule has 1 aromatic carbocycles. The van der Waals surface area contributed by atoms with Crippen molar-refractivity contribution in [3.63, 3.8) is 0 Å². The molecule has 0 saturated carbocycles. The minimum atomic E-state index is -2.94. The first kappa shape index (κ1) is 20.2. The normalized spacial score (nSPS) is 18.6. The summed E-state index contributed by atoms with van der Waals surface area (Å²) in [5, 5.41) is 3.15. The number of rotatable bonds is 5. The summed E-state index contributed by atoms with van der Waals surface area (Å²) in [6, 6.07) is 10.5. The van der Waals surface area contributed by atoms with Crippen molar-refractivity contribution in [1.29, 1.82) is 0 Å². The minimum absolute atomic E-state index is 0. The Hall–Kier alpha value is -0.830. The topological polar surface area (TPSA) is 61.8 Å². The number of aliphatic imine (C=N–C) groups is 1. The number of halogens is 1. The lowest BCUT2D eigenvalue weighted by Crippen LogP contribution is -2.41. The molecule has 1 heterocycles. The van der Waals surface area contributed by atoms with E-state index in [9.17, 15) is 8.42 Å². The Morgan fingerprint density at radius 3 is 2.65 bits per heavy atom. The summed E-state index contributed by atoms with van der Waals surface area (Å²) in [6.45, 7) is 2.34. The fraction of sp³-hybridized carbons (Fsp3) is 0.562. The molecule has 0 bridgehead atoms. The fourth-order valence-corrected chi connectivity index (χ4v) is 3.29. The van der Waals surface area contributed by atoms with E-state index in [0.29, 0.717) is 12.5 Å². The van der Waals surface area contributed by atoms with E-state index in [1.165, 1.54) is 11.8 Å². The molecule has 1 N–H and O–H groups in total. The Balaban J connectivity index is 0.00000264. The monoisotopic (exact) mass is 451 g/mol. The summed E-state index contributed by atoms with van der Waals surface area (Å²) >= 11 is 0. The Morgan fingerprint density at radius 1 is 1.35 bits per heavy atom. The Morgan fingerprint density at radius 2 is 2.04 bits per heavy atom. The summed E-state index contributed by atoms with van der Waals surface area (Å²) in [5.74, 6) is 1.56. The lowest BCUT2D eigenvalue weighted by Gasteiger charge is -2.21. The zero-order chi connectivity index (χ0) is 16.0. The van der Waals surface area contributed by atoms with E-state index in [1.54, 1.807) is 7.05 Å². The molecule has 1 unspecified atom stereocenters. The molecule has 1 aromatic rings. The van der Waals surface area contributed by atoms with E-state index in [2.05, 4.69) is 39.5 Å². The lowest BCUT2D eigenvalue weighted by atomic mass is 9.99. The van der Waals surface area contributed by atoms with Gasteiger partial charge in [0.15, 0.2) is 5.96 Å². The predicted molar refractivity (Wildman–Crippen MR) is 106 cm³/mol. The SMILES string of the molecule is CN=C(NCCS(C)(=O)=O)N1CCC(Cc2ccccc2)C1.I. The van der Waals surface area contributed by atoms with Crippen LogP contribution < -0.4 is 5.32 Å². The molecule has 2 rings (SSSR count). The maximum absolute atomic E-state index is 11.2. The molecule has 23 heavy (non-hydrogen) atoms. The fourth-order valence-electron chi connectivity index (χ4n) is 2.82. The van der Waals surface area contributed by atoms with Crippen molar-refractivity contribution in [3.8, 4) is 0 Å². The second-order valence-corrected chi connectivity index (χ2v) is 8.15. The van der Waals surface area contributed by atoms with Crippen molar-refractivity contribution in [2.45, 2.75) is 12.8 Å². The predicted octanol–water partition coefficient (Wildman–Crippen LogP) is 1.79. The largest absolute Gasteiger partial charge is 0.355 e. The summed E-state index contributed by atoms with van der Waals surface area (Å²) in [4.78, 5) is 6.49. The highest BCUT2D eigenvalue weighted by Crippen LogP contribution is 2.20. The summed E-state index contributed by atoms with van der Waals surface area (Å²) in [6.07, 6.45) is 3.47. The first-order valence-corrected chi connectivity index (χ1v) is 9.71. The third kappa shape index (κ3) is 7.07. The number of hydrogen-bond donors (Lipinski definition) is 1. The number of likely N-dealkylation sites (tertiary alicyclic amines) is 1. The van der Waals surface area contributed by atoms with Gasteiger partial charge in [0.1, 0.15) is 9.84 Å². The van der Waals surface area contributed by atoms with Crippen LogP contribution in [0.1, 0.15) is 12.0 Å². The van der Waals surface area contributed by atoms with Gasteiger partial charge in [-0.25, -0.2) is 8.42 Å². The maximum Gasteiger partial charge on any atom is 0.193 e. The van der Waals surface area contributed by atoms with E-state index >= 15 is 0 Å².